The second kappa shape index (κ2) is 53.2. The molecule has 0 saturated carbocycles. The number of hydrogen-bond acceptors (Lipinski definition) is 6. The number of hydrogen-bond donors (Lipinski definition) is 0. The Bertz CT molecular complexity index is 1080. The smallest absolute Gasteiger partial charge is 0.306 e. The highest BCUT2D eigenvalue weighted by atomic mass is 16.6. The molecule has 0 aliphatic heterocycles. The van der Waals surface area contributed by atoms with Gasteiger partial charge in [0.1, 0.15) is 13.2 Å². The molecule has 1 unspecified atom stereocenters. The van der Waals surface area contributed by atoms with Crippen molar-refractivity contribution >= 4 is 17.9 Å². The topological polar surface area (TPSA) is 78.9 Å². The van der Waals surface area contributed by atoms with Crippen molar-refractivity contribution in [2.45, 2.75) is 303 Å². The summed E-state index contributed by atoms with van der Waals surface area (Å²) in [6, 6.07) is 0. The van der Waals surface area contributed by atoms with Crippen LogP contribution in [0, 0.1) is 0 Å². The summed E-state index contributed by atoms with van der Waals surface area (Å²) < 4.78 is 16.8. The van der Waals surface area contributed by atoms with Crippen molar-refractivity contribution in [2.75, 3.05) is 13.2 Å². The summed E-state index contributed by atoms with van der Waals surface area (Å²) in [4.78, 5) is 38.1. The minimum Gasteiger partial charge on any atom is -0.462 e. The Labute approximate surface area is 397 Å². The first-order valence-corrected chi connectivity index (χ1v) is 28.0. The van der Waals surface area contributed by atoms with Crippen LogP contribution < -0.4 is 0 Å². The third-order valence-corrected chi connectivity index (χ3v) is 12.4. The zero-order chi connectivity index (χ0) is 46.5. The highest BCUT2D eigenvalue weighted by Crippen LogP contribution is 2.16. The fourth-order valence-corrected chi connectivity index (χ4v) is 8.14. The standard InChI is InChI=1S/C58H106O6/c1-4-7-10-13-16-19-22-25-27-28-29-31-33-36-39-42-45-48-51-57(60)63-54-55(53-62-56(59)50-47-44-41-38-35-32-24-21-18-15-12-9-6-3)64-58(61)52-49-46-43-40-37-34-30-26-23-20-17-14-11-8-5-2/h20,23,27-29,31,55H,4-19,21-22,24-26,30,32-54H2,1-3H3/b23-20-,28-27-,31-29-. The van der Waals surface area contributed by atoms with Crippen LogP contribution in [-0.4, -0.2) is 37.2 Å². The van der Waals surface area contributed by atoms with E-state index in [-0.39, 0.29) is 31.1 Å². The van der Waals surface area contributed by atoms with Crippen molar-refractivity contribution in [2.24, 2.45) is 0 Å². The SMILES string of the molecule is CCCCCC/C=C\CCCCCCCCCC(=O)OC(COC(=O)CCCCCCC/C=C\C=C/CCCCCCCCC)COC(=O)CCCCCCCCCCCCCCC. The van der Waals surface area contributed by atoms with Gasteiger partial charge in [-0.1, -0.05) is 243 Å². The Kier molecular flexibility index (Phi) is 51.3. The summed E-state index contributed by atoms with van der Waals surface area (Å²) in [7, 11) is 0. The number of ether oxygens (including phenoxy) is 3. The molecular formula is C58H106O6. The van der Waals surface area contributed by atoms with Crippen molar-refractivity contribution in [3.05, 3.63) is 36.5 Å². The molecule has 1 atom stereocenters. The Morgan fingerprint density at radius 1 is 0.312 bits per heavy atom. The van der Waals surface area contributed by atoms with Crippen LogP contribution in [0.4, 0.5) is 0 Å². The van der Waals surface area contributed by atoms with Crippen molar-refractivity contribution in [3.8, 4) is 0 Å². The van der Waals surface area contributed by atoms with Gasteiger partial charge in [-0.15, -0.1) is 0 Å². The van der Waals surface area contributed by atoms with Gasteiger partial charge in [-0.2, -0.15) is 0 Å². The maximum atomic E-state index is 12.8. The first-order chi connectivity index (χ1) is 31.5. The van der Waals surface area contributed by atoms with Gasteiger partial charge in [0.25, 0.3) is 0 Å². The number of allylic oxidation sites excluding steroid dienone is 6. The normalized spacial score (nSPS) is 12.2. The fraction of sp³-hybridized carbons (Fsp3) is 0.845. The molecule has 374 valence electrons. The maximum Gasteiger partial charge on any atom is 0.306 e. The van der Waals surface area contributed by atoms with Gasteiger partial charge in [0.05, 0.1) is 0 Å². The number of carbonyl (C=O) groups excluding carboxylic acids is 3. The number of carbonyl (C=O) groups is 3. The van der Waals surface area contributed by atoms with Crippen LogP contribution in [0.3, 0.4) is 0 Å². The molecule has 0 aliphatic carbocycles. The molecule has 0 aromatic carbocycles. The molecule has 64 heavy (non-hydrogen) atoms. The maximum absolute atomic E-state index is 12.8. The molecule has 0 aromatic rings. The minimum absolute atomic E-state index is 0.0756. The Morgan fingerprint density at radius 2 is 0.562 bits per heavy atom. The lowest BCUT2D eigenvalue weighted by Crippen LogP contribution is -2.30. The van der Waals surface area contributed by atoms with Crippen LogP contribution in [0.15, 0.2) is 36.5 Å². The zero-order valence-electron chi connectivity index (χ0n) is 42.8. The minimum atomic E-state index is -0.777. The van der Waals surface area contributed by atoms with E-state index in [4.69, 9.17) is 14.2 Å². The summed E-state index contributed by atoms with van der Waals surface area (Å²) in [6.45, 7) is 6.64. The van der Waals surface area contributed by atoms with E-state index in [1.165, 1.54) is 180 Å². The summed E-state index contributed by atoms with van der Waals surface area (Å²) in [5.74, 6) is -0.881. The van der Waals surface area contributed by atoms with E-state index in [2.05, 4.69) is 57.2 Å². The molecule has 0 bridgehead atoms. The predicted molar refractivity (Wildman–Crippen MR) is 275 cm³/mol. The van der Waals surface area contributed by atoms with Crippen LogP contribution in [-0.2, 0) is 28.6 Å². The van der Waals surface area contributed by atoms with Gasteiger partial charge in [-0.05, 0) is 70.6 Å². The second-order valence-electron chi connectivity index (χ2n) is 18.9. The third-order valence-electron chi connectivity index (χ3n) is 12.4. The van der Waals surface area contributed by atoms with Crippen LogP contribution in [0.25, 0.3) is 0 Å². The van der Waals surface area contributed by atoms with Crippen molar-refractivity contribution in [1.29, 1.82) is 0 Å². The molecule has 0 rings (SSSR count). The highest BCUT2D eigenvalue weighted by molar-refractivity contribution is 5.71. The fourth-order valence-electron chi connectivity index (χ4n) is 8.14. The molecule has 0 spiro atoms. The molecule has 0 amide bonds. The van der Waals surface area contributed by atoms with Crippen LogP contribution >= 0.6 is 0 Å². The largest absolute Gasteiger partial charge is 0.462 e. The predicted octanol–water partition coefficient (Wildman–Crippen LogP) is 18.5. The molecule has 6 nitrogen and oxygen atoms in total. The van der Waals surface area contributed by atoms with E-state index in [1.807, 2.05) is 0 Å². The van der Waals surface area contributed by atoms with Gasteiger partial charge in [0, 0.05) is 19.3 Å². The third kappa shape index (κ3) is 50.6. The van der Waals surface area contributed by atoms with Crippen LogP contribution in [0.5, 0.6) is 0 Å². The Hall–Kier alpha value is -2.37. The van der Waals surface area contributed by atoms with E-state index in [0.717, 1.165) is 77.0 Å². The second-order valence-corrected chi connectivity index (χ2v) is 18.9. The average Bonchev–Trinajstić information content (AvgIpc) is 3.29. The summed E-state index contributed by atoms with van der Waals surface area (Å²) in [5.41, 5.74) is 0. The number of unbranched alkanes of at least 4 members (excludes halogenated alkanes) is 35. The number of esters is 3. The van der Waals surface area contributed by atoms with Crippen molar-refractivity contribution in [3.63, 3.8) is 0 Å². The molecule has 0 radical (unpaired) electrons. The van der Waals surface area contributed by atoms with E-state index >= 15 is 0 Å². The Balaban J connectivity index is 4.37. The quantitative estimate of drug-likeness (QED) is 0.0199. The van der Waals surface area contributed by atoms with Crippen molar-refractivity contribution < 1.29 is 28.6 Å². The van der Waals surface area contributed by atoms with Gasteiger partial charge in [0.2, 0.25) is 0 Å². The van der Waals surface area contributed by atoms with Gasteiger partial charge in [-0.25, -0.2) is 0 Å². The zero-order valence-corrected chi connectivity index (χ0v) is 42.8. The molecule has 0 saturated heterocycles. The first-order valence-electron chi connectivity index (χ1n) is 28.0. The van der Waals surface area contributed by atoms with Gasteiger partial charge < -0.3 is 14.2 Å². The lowest BCUT2D eigenvalue weighted by Gasteiger charge is -2.18. The number of rotatable bonds is 51. The highest BCUT2D eigenvalue weighted by Gasteiger charge is 2.19. The van der Waals surface area contributed by atoms with Crippen molar-refractivity contribution in [1.82, 2.24) is 0 Å². The molecule has 0 fully saturated rings. The van der Waals surface area contributed by atoms with E-state index in [0.29, 0.717) is 19.3 Å². The first kappa shape index (κ1) is 61.6. The van der Waals surface area contributed by atoms with Gasteiger partial charge >= 0.3 is 17.9 Å². The molecular weight excluding hydrogens is 793 g/mol. The summed E-state index contributed by atoms with van der Waals surface area (Å²) in [6.07, 6.45) is 62.7. The van der Waals surface area contributed by atoms with E-state index in [9.17, 15) is 14.4 Å². The van der Waals surface area contributed by atoms with Gasteiger partial charge in [0.15, 0.2) is 6.10 Å². The van der Waals surface area contributed by atoms with E-state index < -0.39 is 6.10 Å². The van der Waals surface area contributed by atoms with E-state index in [1.54, 1.807) is 0 Å². The summed E-state index contributed by atoms with van der Waals surface area (Å²) >= 11 is 0. The molecule has 0 aromatic heterocycles. The summed E-state index contributed by atoms with van der Waals surface area (Å²) in [5, 5.41) is 0. The molecule has 6 heteroatoms. The van der Waals surface area contributed by atoms with Crippen LogP contribution in [0.1, 0.15) is 297 Å². The van der Waals surface area contributed by atoms with Crippen LogP contribution in [0.2, 0.25) is 0 Å². The van der Waals surface area contributed by atoms with Gasteiger partial charge in [-0.3, -0.25) is 14.4 Å². The monoisotopic (exact) mass is 899 g/mol. The molecule has 0 heterocycles. The molecule has 0 aliphatic rings. The Morgan fingerprint density at radius 3 is 0.891 bits per heavy atom. The lowest BCUT2D eigenvalue weighted by atomic mass is 10.0. The molecule has 0 N–H and O–H groups in total. The lowest BCUT2D eigenvalue weighted by molar-refractivity contribution is -0.167. The average molecular weight is 899 g/mol.